The molecule has 12 heteroatoms. The molecule has 0 fully saturated rings. The van der Waals surface area contributed by atoms with Crippen LogP contribution >= 0.6 is 0 Å². The summed E-state index contributed by atoms with van der Waals surface area (Å²) in [6.07, 6.45) is 1.20. The highest BCUT2D eigenvalue weighted by molar-refractivity contribution is 7.90. The first kappa shape index (κ1) is 23.2. The Hall–Kier alpha value is -3.93. The lowest BCUT2D eigenvalue weighted by atomic mass is 10.2. The number of hydrogen-bond acceptors (Lipinski definition) is 7. The van der Waals surface area contributed by atoms with Gasteiger partial charge in [0, 0.05) is 29.8 Å². The summed E-state index contributed by atoms with van der Waals surface area (Å²) < 4.78 is 65.6. The number of alkyl halides is 3. The molecule has 0 spiro atoms. The summed E-state index contributed by atoms with van der Waals surface area (Å²) in [5, 5.41) is 7.33. The molecule has 0 unspecified atom stereocenters. The van der Waals surface area contributed by atoms with Gasteiger partial charge >= 0.3 is 6.36 Å². The standard InChI is InChI=1S/C22H18F3N5O3S/c1-34(31,32)19-8-2-15(3-9-19)12-30-13-16(11-28-30)20-10-21(27-14-26-20)29-17-4-6-18(7-5-17)33-22(23,24)25/h2-11,13-14H,12H2,1H3,(H,26,27,29). The predicted octanol–water partition coefficient (Wildman–Crippen LogP) is 4.43. The normalized spacial score (nSPS) is 11.9. The van der Waals surface area contributed by atoms with Crippen LogP contribution in [0.15, 0.2) is 78.2 Å². The van der Waals surface area contributed by atoms with Crippen LogP contribution < -0.4 is 10.1 Å². The van der Waals surface area contributed by atoms with Crippen molar-refractivity contribution in [2.24, 2.45) is 0 Å². The number of sulfone groups is 1. The average molecular weight is 489 g/mol. The second kappa shape index (κ2) is 9.14. The van der Waals surface area contributed by atoms with E-state index < -0.39 is 16.2 Å². The molecule has 2 aromatic heterocycles. The van der Waals surface area contributed by atoms with Crippen LogP contribution in [0.3, 0.4) is 0 Å². The van der Waals surface area contributed by atoms with Crippen molar-refractivity contribution in [3.8, 4) is 17.0 Å². The predicted molar refractivity (Wildman–Crippen MR) is 118 cm³/mol. The maximum absolute atomic E-state index is 12.3. The van der Waals surface area contributed by atoms with Gasteiger partial charge in [-0.3, -0.25) is 4.68 Å². The van der Waals surface area contributed by atoms with Gasteiger partial charge in [0.2, 0.25) is 0 Å². The van der Waals surface area contributed by atoms with Crippen LogP contribution in [0, 0.1) is 0 Å². The minimum atomic E-state index is -4.75. The lowest BCUT2D eigenvalue weighted by Gasteiger charge is -2.10. The molecule has 0 bridgehead atoms. The van der Waals surface area contributed by atoms with E-state index in [-0.39, 0.29) is 10.6 Å². The van der Waals surface area contributed by atoms with E-state index in [9.17, 15) is 21.6 Å². The highest BCUT2D eigenvalue weighted by atomic mass is 32.2. The highest BCUT2D eigenvalue weighted by Crippen LogP contribution is 2.26. The number of ether oxygens (including phenoxy) is 1. The summed E-state index contributed by atoms with van der Waals surface area (Å²) in [6.45, 7) is 0.437. The van der Waals surface area contributed by atoms with Gasteiger partial charge in [-0.2, -0.15) is 5.10 Å². The average Bonchev–Trinajstić information content (AvgIpc) is 3.23. The number of aromatic nitrogens is 4. The zero-order valence-electron chi connectivity index (χ0n) is 17.7. The van der Waals surface area contributed by atoms with E-state index in [1.54, 1.807) is 47.4 Å². The zero-order chi connectivity index (χ0) is 24.3. The van der Waals surface area contributed by atoms with Gasteiger partial charge in [0.1, 0.15) is 17.9 Å². The summed E-state index contributed by atoms with van der Waals surface area (Å²) in [5.74, 6) is 0.124. The Morgan fingerprint density at radius 3 is 2.38 bits per heavy atom. The number of halogens is 3. The van der Waals surface area contributed by atoms with Crippen LogP contribution in [0.1, 0.15) is 5.56 Å². The van der Waals surface area contributed by atoms with Crippen LogP contribution in [-0.4, -0.2) is 40.8 Å². The molecule has 4 rings (SSSR count). The number of nitrogens with one attached hydrogen (secondary N) is 1. The lowest BCUT2D eigenvalue weighted by molar-refractivity contribution is -0.274. The molecule has 1 N–H and O–H groups in total. The van der Waals surface area contributed by atoms with Crippen LogP contribution in [-0.2, 0) is 16.4 Å². The van der Waals surface area contributed by atoms with Crippen molar-refractivity contribution in [2.75, 3.05) is 11.6 Å². The maximum Gasteiger partial charge on any atom is 0.573 e. The Labute approximate surface area is 193 Å². The quantitative estimate of drug-likeness (QED) is 0.410. The molecule has 0 saturated heterocycles. The van der Waals surface area contributed by atoms with Crippen LogP contribution in [0.4, 0.5) is 24.7 Å². The summed E-state index contributed by atoms with van der Waals surface area (Å²) in [7, 11) is -3.25. The first-order valence-electron chi connectivity index (χ1n) is 9.82. The Balaban J connectivity index is 1.44. The number of hydrogen-bond donors (Lipinski definition) is 1. The van der Waals surface area contributed by atoms with Gasteiger partial charge in [-0.05, 0) is 42.0 Å². The van der Waals surface area contributed by atoms with Crippen molar-refractivity contribution in [3.63, 3.8) is 0 Å². The SMILES string of the molecule is CS(=O)(=O)c1ccc(Cn2cc(-c3cc(Nc4ccc(OC(F)(F)F)cc4)ncn3)cn2)cc1. The summed E-state index contributed by atoms with van der Waals surface area (Å²) >= 11 is 0. The number of nitrogens with zero attached hydrogens (tertiary/aromatic N) is 4. The summed E-state index contributed by atoms with van der Waals surface area (Å²) in [4.78, 5) is 8.63. The Kier molecular flexibility index (Phi) is 6.24. The second-order valence-electron chi connectivity index (χ2n) is 7.33. The smallest absolute Gasteiger partial charge is 0.406 e. The number of benzene rings is 2. The lowest BCUT2D eigenvalue weighted by Crippen LogP contribution is -2.16. The Morgan fingerprint density at radius 1 is 1.03 bits per heavy atom. The monoisotopic (exact) mass is 489 g/mol. The van der Waals surface area contributed by atoms with Gasteiger partial charge in [0.25, 0.3) is 0 Å². The molecule has 2 aromatic carbocycles. The molecule has 4 aromatic rings. The topological polar surface area (TPSA) is 99.0 Å². The molecule has 0 aliphatic carbocycles. The van der Waals surface area contributed by atoms with E-state index in [0.29, 0.717) is 23.7 Å². The molecule has 0 atom stereocenters. The van der Waals surface area contributed by atoms with Gasteiger partial charge in [0.15, 0.2) is 9.84 Å². The van der Waals surface area contributed by atoms with Gasteiger partial charge in [0.05, 0.1) is 23.3 Å². The highest BCUT2D eigenvalue weighted by Gasteiger charge is 2.30. The molecule has 0 radical (unpaired) electrons. The van der Waals surface area contributed by atoms with E-state index in [4.69, 9.17) is 0 Å². The van der Waals surface area contributed by atoms with Crippen molar-refractivity contribution in [2.45, 2.75) is 17.8 Å². The molecule has 0 saturated carbocycles. The van der Waals surface area contributed by atoms with Crippen LogP contribution in [0.5, 0.6) is 5.75 Å². The van der Waals surface area contributed by atoms with E-state index in [2.05, 4.69) is 25.1 Å². The third-order valence-electron chi connectivity index (χ3n) is 4.65. The summed E-state index contributed by atoms with van der Waals surface area (Å²) in [6, 6.07) is 13.5. The van der Waals surface area contributed by atoms with E-state index in [1.165, 1.54) is 30.6 Å². The molecule has 0 aliphatic heterocycles. The first-order valence-corrected chi connectivity index (χ1v) is 11.7. The molecular formula is C22H18F3N5O3S. The van der Waals surface area contributed by atoms with Crippen molar-refractivity contribution in [3.05, 3.63) is 78.9 Å². The van der Waals surface area contributed by atoms with Gasteiger partial charge < -0.3 is 10.1 Å². The minimum Gasteiger partial charge on any atom is -0.406 e. The van der Waals surface area contributed by atoms with E-state index >= 15 is 0 Å². The second-order valence-corrected chi connectivity index (χ2v) is 9.34. The molecule has 8 nitrogen and oxygen atoms in total. The van der Waals surface area contributed by atoms with Gasteiger partial charge in [-0.15, -0.1) is 13.2 Å². The van der Waals surface area contributed by atoms with Gasteiger partial charge in [-0.25, -0.2) is 18.4 Å². The third kappa shape index (κ3) is 6.10. The van der Waals surface area contributed by atoms with Crippen molar-refractivity contribution in [1.82, 2.24) is 19.7 Å². The number of rotatable bonds is 7. The van der Waals surface area contributed by atoms with Crippen molar-refractivity contribution >= 4 is 21.3 Å². The Bertz CT molecular complexity index is 1390. The first-order chi connectivity index (χ1) is 16.0. The van der Waals surface area contributed by atoms with Crippen LogP contribution in [0.25, 0.3) is 11.3 Å². The molecule has 0 amide bonds. The van der Waals surface area contributed by atoms with Crippen molar-refractivity contribution in [1.29, 1.82) is 0 Å². The third-order valence-corrected chi connectivity index (χ3v) is 5.78. The van der Waals surface area contributed by atoms with E-state index in [0.717, 1.165) is 17.4 Å². The number of anilines is 2. The molecule has 2 heterocycles. The van der Waals surface area contributed by atoms with Crippen molar-refractivity contribution < 1.29 is 26.3 Å². The van der Waals surface area contributed by atoms with Crippen LogP contribution in [0.2, 0.25) is 0 Å². The molecular weight excluding hydrogens is 471 g/mol. The largest absolute Gasteiger partial charge is 0.573 e. The zero-order valence-corrected chi connectivity index (χ0v) is 18.5. The molecule has 34 heavy (non-hydrogen) atoms. The Morgan fingerprint density at radius 2 is 1.74 bits per heavy atom. The minimum absolute atomic E-state index is 0.251. The van der Waals surface area contributed by atoms with Gasteiger partial charge in [-0.1, -0.05) is 12.1 Å². The maximum atomic E-state index is 12.3. The van der Waals surface area contributed by atoms with E-state index in [1.807, 2.05) is 0 Å². The fourth-order valence-corrected chi connectivity index (χ4v) is 3.71. The molecule has 0 aliphatic rings. The summed E-state index contributed by atoms with van der Waals surface area (Å²) in [5.41, 5.74) is 2.72. The molecule has 176 valence electrons. The fourth-order valence-electron chi connectivity index (χ4n) is 3.08. The fraction of sp³-hybridized carbons (Fsp3) is 0.136.